The van der Waals surface area contributed by atoms with Crippen molar-refractivity contribution in [2.24, 2.45) is 0 Å². The van der Waals surface area contributed by atoms with Gasteiger partial charge in [-0.3, -0.25) is 9.59 Å². The van der Waals surface area contributed by atoms with E-state index in [2.05, 4.69) is 53.6 Å². The molecule has 0 radical (unpaired) electrons. The zero-order valence-corrected chi connectivity index (χ0v) is 16.3. The first-order chi connectivity index (χ1) is 12.6. The molecular weight excluding hydrogens is 346 g/mol. The van der Waals surface area contributed by atoms with Gasteiger partial charge in [0.25, 0.3) is 5.91 Å². The molecule has 2 amide bonds. The summed E-state index contributed by atoms with van der Waals surface area (Å²) in [7, 11) is 0. The van der Waals surface area contributed by atoms with E-state index in [1.165, 1.54) is 22.6 Å². The van der Waals surface area contributed by atoms with E-state index in [1.54, 1.807) is 6.07 Å². The first-order valence-electron chi connectivity index (χ1n) is 9.00. The summed E-state index contributed by atoms with van der Waals surface area (Å²) < 4.78 is 0. The van der Waals surface area contributed by atoms with E-state index in [1.807, 2.05) is 11.4 Å². The fourth-order valence-corrected chi connectivity index (χ4v) is 3.30. The predicted octanol–water partition coefficient (Wildman–Crippen LogP) is 3.21. The molecule has 0 fully saturated rings. The summed E-state index contributed by atoms with van der Waals surface area (Å²) in [5.74, 6) is -0.0483. The molecule has 1 aromatic heterocycles. The SMILES string of the molecule is CCN(CCNC(=O)CCCNC(=O)c1cccs1)c1cccc(C)c1. The molecular formula is C20H27N3O2S. The second-order valence-electron chi connectivity index (χ2n) is 6.11. The van der Waals surface area contributed by atoms with E-state index in [0.717, 1.165) is 13.1 Å². The van der Waals surface area contributed by atoms with Gasteiger partial charge in [-0.15, -0.1) is 11.3 Å². The van der Waals surface area contributed by atoms with Crippen LogP contribution in [-0.4, -0.2) is 38.0 Å². The number of likely N-dealkylation sites (N-methyl/N-ethyl adjacent to an activating group) is 1. The molecule has 2 N–H and O–H groups in total. The summed E-state index contributed by atoms with van der Waals surface area (Å²) in [6, 6.07) is 12.0. The Labute approximate surface area is 159 Å². The van der Waals surface area contributed by atoms with Crippen molar-refractivity contribution in [1.29, 1.82) is 0 Å². The summed E-state index contributed by atoms with van der Waals surface area (Å²) in [6.45, 7) is 6.99. The molecule has 0 saturated carbocycles. The number of nitrogens with zero attached hydrogens (tertiary/aromatic N) is 1. The molecule has 140 valence electrons. The lowest BCUT2D eigenvalue weighted by molar-refractivity contribution is -0.121. The molecule has 2 aromatic rings. The fraction of sp³-hybridized carbons (Fsp3) is 0.400. The van der Waals surface area contributed by atoms with Gasteiger partial charge in [-0.1, -0.05) is 18.2 Å². The van der Waals surface area contributed by atoms with Crippen LogP contribution in [0.5, 0.6) is 0 Å². The minimum Gasteiger partial charge on any atom is -0.370 e. The zero-order valence-electron chi connectivity index (χ0n) is 15.5. The largest absolute Gasteiger partial charge is 0.370 e. The number of nitrogens with one attached hydrogen (secondary N) is 2. The molecule has 5 nitrogen and oxygen atoms in total. The van der Waals surface area contributed by atoms with Crippen LogP contribution >= 0.6 is 11.3 Å². The summed E-state index contributed by atoms with van der Waals surface area (Å²) in [4.78, 5) is 26.7. The number of rotatable bonds is 10. The van der Waals surface area contributed by atoms with Gasteiger partial charge in [0.2, 0.25) is 5.91 Å². The van der Waals surface area contributed by atoms with Gasteiger partial charge in [-0.05, 0) is 49.4 Å². The Kier molecular flexibility index (Phi) is 8.15. The Bertz CT molecular complexity index is 701. The Morgan fingerprint density at radius 2 is 1.96 bits per heavy atom. The van der Waals surface area contributed by atoms with Gasteiger partial charge in [-0.25, -0.2) is 0 Å². The molecule has 0 spiro atoms. The van der Waals surface area contributed by atoms with Crippen LogP contribution in [0.1, 0.15) is 35.0 Å². The first-order valence-corrected chi connectivity index (χ1v) is 9.88. The monoisotopic (exact) mass is 373 g/mol. The molecule has 0 atom stereocenters. The summed E-state index contributed by atoms with van der Waals surface area (Å²) in [5, 5.41) is 7.66. The van der Waals surface area contributed by atoms with Gasteiger partial charge in [0.1, 0.15) is 0 Å². The standard InChI is InChI=1S/C20H27N3O2S/c1-3-23(17-8-4-7-16(2)15-17)13-12-21-19(24)10-5-11-22-20(25)18-9-6-14-26-18/h4,6-9,14-15H,3,5,10-13H2,1-2H3,(H,21,24)(H,22,25). The fourth-order valence-electron chi connectivity index (χ4n) is 2.66. The van der Waals surface area contributed by atoms with Crippen LogP contribution in [0, 0.1) is 6.92 Å². The number of carbonyl (C=O) groups is 2. The molecule has 6 heteroatoms. The summed E-state index contributed by atoms with van der Waals surface area (Å²) in [5.41, 5.74) is 2.41. The highest BCUT2D eigenvalue weighted by molar-refractivity contribution is 7.12. The van der Waals surface area contributed by atoms with Crippen LogP contribution in [0.4, 0.5) is 5.69 Å². The maximum Gasteiger partial charge on any atom is 0.261 e. The molecule has 0 aliphatic rings. The van der Waals surface area contributed by atoms with Gasteiger partial charge >= 0.3 is 0 Å². The average molecular weight is 374 g/mol. The lowest BCUT2D eigenvalue weighted by Gasteiger charge is -2.23. The molecule has 0 saturated heterocycles. The number of anilines is 1. The number of thiophene rings is 1. The van der Waals surface area contributed by atoms with Gasteiger partial charge in [0.15, 0.2) is 0 Å². The summed E-state index contributed by atoms with van der Waals surface area (Å²) in [6.07, 6.45) is 1.06. The highest BCUT2D eigenvalue weighted by Crippen LogP contribution is 2.15. The third-order valence-electron chi connectivity index (χ3n) is 4.06. The minimum absolute atomic E-state index is 0.0238. The van der Waals surface area contributed by atoms with E-state index < -0.39 is 0 Å². The number of aryl methyl sites for hydroxylation is 1. The van der Waals surface area contributed by atoms with Gasteiger partial charge in [0, 0.05) is 38.3 Å². The van der Waals surface area contributed by atoms with Gasteiger partial charge in [0.05, 0.1) is 4.88 Å². The highest BCUT2D eigenvalue weighted by Gasteiger charge is 2.07. The number of hydrogen-bond donors (Lipinski definition) is 2. The van der Waals surface area contributed by atoms with Crippen LogP contribution < -0.4 is 15.5 Å². The van der Waals surface area contributed by atoms with Gasteiger partial charge in [-0.2, -0.15) is 0 Å². The Morgan fingerprint density at radius 1 is 1.12 bits per heavy atom. The van der Waals surface area contributed by atoms with E-state index >= 15 is 0 Å². The zero-order chi connectivity index (χ0) is 18.8. The minimum atomic E-state index is -0.0721. The van der Waals surface area contributed by atoms with Crippen LogP contribution in [0.15, 0.2) is 41.8 Å². The average Bonchev–Trinajstić information content (AvgIpc) is 3.17. The quantitative estimate of drug-likeness (QED) is 0.629. The second kappa shape index (κ2) is 10.6. The number of hydrogen-bond acceptors (Lipinski definition) is 4. The molecule has 0 aliphatic heterocycles. The second-order valence-corrected chi connectivity index (χ2v) is 7.05. The van der Waals surface area contributed by atoms with E-state index in [4.69, 9.17) is 0 Å². The summed E-state index contributed by atoms with van der Waals surface area (Å²) >= 11 is 1.41. The van der Waals surface area contributed by atoms with Crippen molar-refractivity contribution >= 4 is 28.8 Å². The molecule has 0 aliphatic carbocycles. The van der Waals surface area contributed by atoms with Crippen molar-refractivity contribution in [2.45, 2.75) is 26.7 Å². The van der Waals surface area contributed by atoms with Crippen molar-refractivity contribution in [3.8, 4) is 0 Å². The Morgan fingerprint density at radius 3 is 2.65 bits per heavy atom. The van der Waals surface area contributed by atoms with Gasteiger partial charge < -0.3 is 15.5 Å². The maximum absolute atomic E-state index is 11.9. The first kappa shape index (κ1) is 20.0. The molecule has 1 heterocycles. The Balaban J connectivity index is 1.61. The number of amides is 2. The van der Waals surface area contributed by atoms with E-state index in [0.29, 0.717) is 30.8 Å². The molecule has 0 unspecified atom stereocenters. The van der Waals surface area contributed by atoms with Crippen molar-refractivity contribution in [2.75, 3.05) is 31.1 Å². The molecule has 26 heavy (non-hydrogen) atoms. The molecule has 2 rings (SSSR count). The number of carbonyl (C=O) groups excluding carboxylic acids is 2. The molecule has 1 aromatic carbocycles. The predicted molar refractivity (Wildman–Crippen MR) is 108 cm³/mol. The maximum atomic E-state index is 11.9. The lowest BCUT2D eigenvalue weighted by Crippen LogP contribution is -2.35. The van der Waals surface area contributed by atoms with Crippen LogP contribution in [-0.2, 0) is 4.79 Å². The van der Waals surface area contributed by atoms with Crippen molar-refractivity contribution in [1.82, 2.24) is 10.6 Å². The van der Waals surface area contributed by atoms with Crippen molar-refractivity contribution in [3.63, 3.8) is 0 Å². The number of benzene rings is 1. The van der Waals surface area contributed by atoms with Crippen LogP contribution in [0.2, 0.25) is 0 Å². The van der Waals surface area contributed by atoms with E-state index in [-0.39, 0.29) is 11.8 Å². The lowest BCUT2D eigenvalue weighted by atomic mass is 10.2. The normalized spacial score (nSPS) is 10.4. The molecule has 0 bridgehead atoms. The van der Waals surface area contributed by atoms with Crippen molar-refractivity contribution in [3.05, 3.63) is 52.2 Å². The topological polar surface area (TPSA) is 61.4 Å². The Hall–Kier alpha value is -2.34. The third kappa shape index (κ3) is 6.52. The highest BCUT2D eigenvalue weighted by atomic mass is 32.1. The third-order valence-corrected chi connectivity index (χ3v) is 4.93. The van der Waals surface area contributed by atoms with Crippen molar-refractivity contribution < 1.29 is 9.59 Å². The van der Waals surface area contributed by atoms with Crippen LogP contribution in [0.3, 0.4) is 0 Å². The van der Waals surface area contributed by atoms with Crippen LogP contribution in [0.25, 0.3) is 0 Å². The van der Waals surface area contributed by atoms with E-state index in [9.17, 15) is 9.59 Å². The smallest absolute Gasteiger partial charge is 0.261 e.